The SMILES string of the molecule is O.O=P1(N(CCCl)CCCl)CCCCO1.[O-][P+]1(N(CCCl)CCCl)NCCCO1. The van der Waals surface area contributed by atoms with Crippen LogP contribution in [0.15, 0.2) is 0 Å². The highest BCUT2D eigenvalue weighted by molar-refractivity contribution is 7.59. The van der Waals surface area contributed by atoms with Gasteiger partial charge in [-0.15, -0.1) is 51.1 Å². The molecule has 2 fully saturated rings. The van der Waals surface area contributed by atoms with E-state index in [0.29, 0.717) is 69.1 Å². The van der Waals surface area contributed by atoms with Crippen molar-refractivity contribution in [2.45, 2.75) is 19.3 Å². The number of nitrogens with one attached hydrogen (secondary N) is 1. The van der Waals surface area contributed by atoms with Crippen LogP contribution in [-0.4, -0.2) is 90.4 Å². The summed E-state index contributed by atoms with van der Waals surface area (Å²) in [5.74, 6) is 1.77. The van der Waals surface area contributed by atoms with Gasteiger partial charge in [0.15, 0.2) is 0 Å². The van der Waals surface area contributed by atoms with Crippen LogP contribution in [0.2, 0.25) is 0 Å². The van der Waals surface area contributed by atoms with E-state index < -0.39 is 15.5 Å². The highest BCUT2D eigenvalue weighted by Gasteiger charge is 2.38. The fourth-order valence-electron chi connectivity index (χ4n) is 2.80. The molecule has 2 aliphatic heterocycles. The van der Waals surface area contributed by atoms with Crippen molar-refractivity contribution in [1.82, 2.24) is 14.4 Å². The van der Waals surface area contributed by atoms with Gasteiger partial charge in [0.25, 0.3) is 7.52 Å². The molecule has 2 saturated heterocycles. The first-order valence-corrected chi connectivity index (χ1v) is 14.9. The standard InChI is InChI=1S/C8H16Cl2NO2P.C7H15Cl2N2O2P.H2O/c9-3-5-11(6-4-10)14(12)8-2-1-7-13-14;8-2-5-11(6-3-9)14(12)10-4-1-7-13-14;/h1-8H2;1-7H2,(H,10,12);1H2. The minimum Gasteiger partial charge on any atom is -0.626 e. The second kappa shape index (κ2) is 17.1. The summed E-state index contributed by atoms with van der Waals surface area (Å²) in [7, 11) is -5.43. The van der Waals surface area contributed by atoms with Crippen molar-refractivity contribution in [1.29, 1.82) is 0 Å². The molecule has 0 aromatic rings. The quantitative estimate of drug-likeness (QED) is 0.336. The highest BCUT2D eigenvalue weighted by Crippen LogP contribution is 2.53. The summed E-state index contributed by atoms with van der Waals surface area (Å²) in [6.45, 7) is 4.08. The Kier molecular flexibility index (Phi) is 18.0. The van der Waals surface area contributed by atoms with Crippen LogP contribution in [0.3, 0.4) is 0 Å². The average Bonchev–Trinajstić information content (AvgIpc) is 2.69. The zero-order valence-electron chi connectivity index (χ0n) is 16.5. The van der Waals surface area contributed by atoms with Crippen molar-refractivity contribution in [3.8, 4) is 0 Å². The van der Waals surface area contributed by atoms with E-state index in [1.807, 2.05) is 4.67 Å². The van der Waals surface area contributed by atoms with Crippen molar-refractivity contribution in [2.75, 3.05) is 75.6 Å². The molecule has 2 unspecified atom stereocenters. The number of halogens is 4. The summed E-state index contributed by atoms with van der Waals surface area (Å²) in [4.78, 5) is 12.2. The first-order valence-electron chi connectivity index (χ1n) is 9.43. The first kappa shape index (κ1) is 30.5. The summed E-state index contributed by atoms with van der Waals surface area (Å²) < 4.78 is 26.5. The predicted molar refractivity (Wildman–Crippen MR) is 123 cm³/mol. The molecule has 14 heteroatoms. The van der Waals surface area contributed by atoms with Crippen LogP contribution < -0.4 is 9.98 Å². The maximum atomic E-state index is 12.3. The van der Waals surface area contributed by atoms with Crippen molar-refractivity contribution in [3.63, 3.8) is 0 Å². The molecule has 29 heavy (non-hydrogen) atoms. The molecular formula is C15H33Cl4N3O5P2. The molecule has 0 aliphatic carbocycles. The van der Waals surface area contributed by atoms with Gasteiger partial charge in [0.05, 0.1) is 26.3 Å². The second-order valence-corrected chi connectivity index (χ2v) is 12.4. The summed E-state index contributed by atoms with van der Waals surface area (Å²) in [5, 5.41) is 2.91. The highest BCUT2D eigenvalue weighted by atomic mass is 35.5. The molecule has 0 radical (unpaired) electrons. The Bertz CT molecular complexity index is 446. The summed E-state index contributed by atoms with van der Waals surface area (Å²) >= 11 is 22.6. The number of hydrogen-bond acceptors (Lipinski definition) is 6. The lowest BCUT2D eigenvalue weighted by Crippen LogP contribution is -2.45. The lowest BCUT2D eigenvalue weighted by Gasteiger charge is -2.39. The molecule has 8 nitrogen and oxygen atoms in total. The van der Waals surface area contributed by atoms with Crippen molar-refractivity contribution in [2.24, 2.45) is 0 Å². The Morgan fingerprint density at radius 1 is 0.931 bits per heavy atom. The predicted octanol–water partition coefficient (Wildman–Crippen LogP) is 2.76. The zero-order valence-corrected chi connectivity index (χ0v) is 21.4. The Balaban J connectivity index is 0.000000523. The van der Waals surface area contributed by atoms with Gasteiger partial charge in [0.1, 0.15) is 0 Å². The first-order chi connectivity index (χ1) is 13.5. The lowest BCUT2D eigenvalue weighted by atomic mass is 10.4. The second-order valence-electron chi connectivity index (χ2n) is 6.18. The molecule has 0 aromatic heterocycles. The van der Waals surface area contributed by atoms with Gasteiger partial charge in [-0.3, -0.25) is 4.57 Å². The third-order valence-electron chi connectivity index (χ3n) is 4.20. The normalized spacial score (nSPS) is 27.3. The van der Waals surface area contributed by atoms with Gasteiger partial charge in [0, 0.05) is 49.3 Å². The molecule has 0 saturated carbocycles. The molecule has 0 spiro atoms. The molecule has 0 amide bonds. The minimum atomic E-state index is -2.84. The smallest absolute Gasteiger partial charge is 0.272 e. The lowest BCUT2D eigenvalue weighted by molar-refractivity contribution is -0.213. The van der Waals surface area contributed by atoms with E-state index in [4.69, 9.17) is 55.5 Å². The Morgan fingerprint density at radius 2 is 1.52 bits per heavy atom. The van der Waals surface area contributed by atoms with Crippen LogP contribution in [0.5, 0.6) is 0 Å². The van der Waals surface area contributed by atoms with E-state index in [9.17, 15) is 9.46 Å². The van der Waals surface area contributed by atoms with Gasteiger partial charge in [-0.05, 0) is 19.3 Å². The van der Waals surface area contributed by atoms with E-state index in [2.05, 4.69) is 5.09 Å². The molecule has 2 atom stereocenters. The van der Waals surface area contributed by atoms with Crippen LogP contribution in [0.4, 0.5) is 0 Å². The Morgan fingerprint density at radius 3 is 1.93 bits per heavy atom. The summed E-state index contributed by atoms with van der Waals surface area (Å²) in [6.07, 6.45) is 3.50. The third kappa shape index (κ3) is 10.8. The van der Waals surface area contributed by atoms with Crippen molar-refractivity contribution in [3.05, 3.63) is 0 Å². The van der Waals surface area contributed by atoms with Gasteiger partial charge in [-0.25, -0.2) is 9.19 Å². The molecule has 2 heterocycles. The molecular weight excluding hydrogens is 506 g/mol. The van der Waals surface area contributed by atoms with Crippen LogP contribution in [-0.2, 0) is 13.6 Å². The van der Waals surface area contributed by atoms with Gasteiger partial charge >= 0.3 is 0 Å². The van der Waals surface area contributed by atoms with Crippen LogP contribution in [0.25, 0.3) is 0 Å². The van der Waals surface area contributed by atoms with Gasteiger partial charge in [0.2, 0.25) is 8.02 Å². The van der Waals surface area contributed by atoms with E-state index in [1.54, 1.807) is 4.67 Å². The zero-order chi connectivity index (χ0) is 20.9. The summed E-state index contributed by atoms with van der Waals surface area (Å²) in [5.41, 5.74) is 0. The monoisotopic (exact) mass is 537 g/mol. The maximum Gasteiger partial charge on any atom is 0.272 e. The van der Waals surface area contributed by atoms with Gasteiger partial charge in [-0.1, -0.05) is 0 Å². The Hall–Kier alpha value is 1.54. The topological polar surface area (TPSA) is 109 Å². The maximum absolute atomic E-state index is 12.3. The van der Waals surface area contributed by atoms with Gasteiger partial charge < -0.3 is 14.9 Å². The number of hydrogen-bond donors (Lipinski definition) is 1. The molecule has 0 aromatic carbocycles. The fourth-order valence-corrected chi connectivity index (χ4v) is 8.51. The van der Waals surface area contributed by atoms with Crippen molar-refractivity contribution >= 4 is 61.9 Å². The number of rotatable bonds is 10. The van der Waals surface area contributed by atoms with Gasteiger partial charge in [-0.2, -0.15) is 5.09 Å². The van der Waals surface area contributed by atoms with E-state index in [1.165, 1.54) is 0 Å². The largest absolute Gasteiger partial charge is 0.626 e. The Labute approximate surface area is 194 Å². The molecule has 3 N–H and O–H groups in total. The van der Waals surface area contributed by atoms with E-state index >= 15 is 0 Å². The summed E-state index contributed by atoms with van der Waals surface area (Å²) in [6, 6.07) is 0. The van der Waals surface area contributed by atoms with Crippen LogP contribution in [0.1, 0.15) is 19.3 Å². The minimum absolute atomic E-state index is 0. The average molecular weight is 539 g/mol. The van der Waals surface area contributed by atoms with E-state index in [-0.39, 0.29) is 5.48 Å². The van der Waals surface area contributed by atoms with Crippen molar-refractivity contribution < 1.29 is 24.0 Å². The molecule has 2 aliphatic rings. The van der Waals surface area contributed by atoms with Crippen LogP contribution in [0, 0.1) is 0 Å². The molecule has 2 rings (SSSR count). The van der Waals surface area contributed by atoms with Crippen LogP contribution >= 0.6 is 61.9 Å². The van der Waals surface area contributed by atoms with E-state index in [0.717, 1.165) is 25.8 Å². The number of alkyl halides is 4. The molecule has 0 bridgehead atoms. The fraction of sp³-hybridized carbons (Fsp3) is 1.00. The third-order valence-corrected chi connectivity index (χ3v) is 9.91. The number of nitrogens with zero attached hydrogens (tertiary/aromatic N) is 2. The molecule has 176 valence electrons.